The van der Waals surface area contributed by atoms with Crippen molar-refractivity contribution < 1.29 is 0 Å². The highest BCUT2D eigenvalue weighted by molar-refractivity contribution is 7.19. The molecule has 4 nitrogen and oxygen atoms in total. The molecule has 2 heterocycles. The summed E-state index contributed by atoms with van der Waals surface area (Å²) in [6.45, 7) is 0.673. The van der Waals surface area contributed by atoms with E-state index in [2.05, 4.69) is 16.0 Å². The van der Waals surface area contributed by atoms with E-state index < -0.39 is 0 Å². The van der Waals surface area contributed by atoms with E-state index in [0.29, 0.717) is 18.9 Å². The standard InChI is InChI=1S/C14H13ClN4S/c15-13-4-3-12(20-13)8-1-2-10-9(5-8)11(6-16)19-14(7-17)18-10/h1-5H,6-7,16-17H2. The van der Waals surface area contributed by atoms with E-state index in [1.54, 1.807) is 11.3 Å². The fourth-order valence-corrected chi connectivity index (χ4v) is 3.15. The Morgan fingerprint density at radius 1 is 1.05 bits per heavy atom. The highest BCUT2D eigenvalue weighted by atomic mass is 35.5. The molecule has 3 aromatic rings. The molecule has 0 saturated heterocycles. The van der Waals surface area contributed by atoms with Gasteiger partial charge in [0.15, 0.2) is 0 Å². The third-order valence-corrected chi connectivity index (χ3v) is 4.33. The number of benzene rings is 1. The maximum Gasteiger partial charge on any atom is 0.142 e. The number of thiophene rings is 1. The van der Waals surface area contributed by atoms with Gasteiger partial charge in [0, 0.05) is 16.8 Å². The Kier molecular flexibility index (Phi) is 3.67. The maximum absolute atomic E-state index is 5.99. The van der Waals surface area contributed by atoms with E-state index in [4.69, 9.17) is 23.1 Å². The van der Waals surface area contributed by atoms with E-state index in [1.165, 1.54) is 0 Å². The number of nitrogens with two attached hydrogens (primary N) is 2. The Bertz CT molecular complexity index is 769. The van der Waals surface area contributed by atoms with Crippen LogP contribution < -0.4 is 11.5 Å². The lowest BCUT2D eigenvalue weighted by Gasteiger charge is -2.07. The molecule has 4 N–H and O–H groups in total. The molecule has 0 fully saturated rings. The van der Waals surface area contributed by atoms with Crippen molar-refractivity contribution in [1.29, 1.82) is 0 Å². The van der Waals surface area contributed by atoms with Crippen LogP contribution in [0.2, 0.25) is 4.34 Å². The van der Waals surface area contributed by atoms with Crippen molar-refractivity contribution >= 4 is 33.8 Å². The quantitative estimate of drug-likeness (QED) is 0.780. The van der Waals surface area contributed by atoms with Gasteiger partial charge in [-0.05, 0) is 29.8 Å². The largest absolute Gasteiger partial charge is 0.325 e. The summed E-state index contributed by atoms with van der Waals surface area (Å²) in [5.41, 5.74) is 14.2. The lowest BCUT2D eigenvalue weighted by Crippen LogP contribution is -2.09. The minimum Gasteiger partial charge on any atom is -0.325 e. The van der Waals surface area contributed by atoms with Gasteiger partial charge in [0.2, 0.25) is 0 Å². The molecule has 0 bridgehead atoms. The second-order valence-corrected chi connectivity index (χ2v) is 6.05. The molecule has 0 atom stereocenters. The molecule has 1 aromatic carbocycles. The van der Waals surface area contributed by atoms with E-state index >= 15 is 0 Å². The van der Waals surface area contributed by atoms with Crippen LogP contribution in [0.1, 0.15) is 11.5 Å². The van der Waals surface area contributed by atoms with Gasteiger partial charge in [0.25, 0.3) is 0 Å². The van der Waals surface area contributed by atoms with Gasteiger partial charge in [-0.1, -0.05) is 17.7 Å². The zero-order valence-corrected chi connectivity index (χ0v) is 12.2. The van der Waals surface area contributed by atoms with Crippen molar-refractivity contribution in [1.82, 2.24) is 9.97 Å². The third-order valence-electron chi connectivity index (χ3n) is 3.05. The zero-order valence-electron chi connectivity index (χ0n) is 10.6. The van der Waals surface area contributed by atoms with Crippen LogP contribution in [0.5, 0.6) is 0 Å². The van der Waals surface area contributed by atoms with Gasteiger partial charge in [0.05, 0.1) is 22.1 Å². The molecule has 20 heavy (non-hydrogen) atoms. The predicted molar refractivity (Wildman–Crippen MR) is 83.6 cm³/mol. The first-order valence-corrected chi connectivity index (χ1v) is 7.36. The van der Waals surface area contributed by atoms with E-state index in [-0.39, 0.29) is 0 Å². The van der Waals surface area contributed by atoms with Crippen molar-refractivity contribution in [3.63, 3.8) is 0 Å². The Labute approximate surface area is 125 Å². The summed E-state index contributed by atoms with van der Waals surface area (Å²) in [5.74, 6) is 0.616. The highest BCUT2D eigenvalue weighted by Gasteiger charge is 2.09. The number of rotatable bonds is 3. The highest BCUT2D eigenvalue weighted by Crippen LogP contribution is 2.32. The maximum atomic E-state index is 5.99. The molecule has 0 aliphatic carbocycles. The molecule has 0 radical (unpaired) electrons. The normalized spacial score (nSPS) is 11.2. The lowest BCUT2D eigenvalue weighted by atomic mass is 10.1. The molecule has 102 valence electrons. The number of halogens is 1. The molecular formula is C14H13ClN4S. The number of fused-ring (bicyclic) bond motifs is 1. The second-order valence-electron chi connectivity index (χ2n) is 4.33. The molecule has 2 aromatic heterocycles. The zero-order chi connectivity index (χ0) is 14.1. The average Bonchev–Trinajstić information content (AvgIpc) is 2.92. The molecule has 0 amide bonds. The minimum atomic E-state index is 0.311. The topological polar surface area (TPSA) is 77.8 Å². The lowest BCUT2D eigenvalue weighted by molar-refractivity contribution is 0.880. The van der Waals surface area contributed by atoms with Crippen molar-refractivity contribution in [3.05, 3.63) is 46.2 Å². The number of hydrogen-bond acceptors (Lipinski definition) is 5. The predicted octanol–water partition coefficient (Wildman–Crippen LogP) is 2.93. The second kappa shape index (κ2) is 5.46. The van der Waals surface area contributed by atoms with Gasteiger partial charge in [-0.2, -0.15) is 0 Å². The molecule has 0 aliphatic heterocycles. The van der Waals surface area contributed by atoms with Gasteiger partial charge in [-0.25, -0.2) is 9.97 Å². The van der Waals surface area contributed by atoms with Crippen molar-refractivity contribution in [2.24, 2.45) is 11.5 Å². The summed E-state index contributed by atoms with van der Waals surface area (Å²) in [7, 11) is 0. The molecule has 0 spiro atoms. The van der Waals surface area contributed by atoms with Gasteiger partial charge >= 0.3 is 0 Å². The van der Waals surface area contributed by atoms with Crippen LogP contribution >= 0.6 is 22.9 Å². The SMILES string of the molecule is NCc1nc(CN)c2cc(-c3ccc(Cl)s3)ccc2n1. The fraction of sp³-hybridized carbons (Fsp3) is 0.143. The molecular weight excluding hydrogens is 292 g/mol. The summed E-state index contributed by atoms with van der Waals surface area (Å²) in [6.07, 6.45) is 0. The first-order chi connectivity index (χ1) is 9.71. The number of hydrogen-bond donors (Lipinski definition) is 2. The van der Waals surface area contributed by atoms with Crippen molar-refractivity contribution in [3.8, 4) is 10.4 Å². The number of nitrogens with zero attached hydrogens (tertiary/aromatic N) is 2. The molecule has 3 rings (SSSR count). The van der Waals surface area contributed by atoms with E-state index in [1.807, 2.05) is 24.3 Å². The summed E-state index contributed by atoms with van der Waals surface area (Å²) >= 11 is 7.53. The van der Waals surface area contributed by atoms with Crippen molar-refractivity contribution in [2.45, 2.75) is 13.1 Å². The van der Waals surface area contributed by atoms with Crippen LogP contribution in [-0.4, -0.2) is 9.97 Å². The summed E-state index contributed by atoms with van der Waals surface area (Å²) < 4.78 is 0.772. The Hall–Kier alpha value is -1.53. The monoisotopic (exact) mass is 304 g/mol. The first kappa shape index (κ1) is 13.5. The van der Waals surface area contributed by atoms with Crippen LogP contribution in [-0.2, 0) is 13.1 Å². The molecule has 0 saturated carbocycles. The van der Waals surface area contributed by atoms with Crippen molar-refractivity contribution in [2.75, 3.05) is 0 Å². The third kappa shape index (κ3) is 2.41. The van der Waals surface area contributed by atoms with Crippen LogP contribution in [0, 0.1) is 0 Å². The Morgan fingerprint density at radius 3 is 2.55 bits per heavy atom. The van der Waals surface area contributed by atoms with Gasteiger partial charge < -0.3 is 11.5 Å². The van der Waals surface area contributed by atoms with Crippen LogP contribution in [0.3, 0.4) is 0 Å². The minimum absolute atomic E-state index is 0.311. The van der Waals surface area contributed by atoms with Gasteiger partial charge in [-0.3, -0.25) is 0 Å². The van der Waals surface area contributed by atoms with Gasteiger partial charge in [0.1, 0.15) is 5.82 Å². The summed E-state index contributed by atoms with van der Waals surface area (Å²) in [4.78, 5) is 9.94. The summed E-state index contributed by atoms with van der Waals surface area (Å²) in [6, 6.07) is 9.95. The average molecular weight is 305 g/mol. The molecule has 0 aliphatic rings. The fourth-order valence-electron chi connectivity index (χ4n) is 2.11. The molecule has 0 unspecified atom stereocenters. The van der Waals surface area contributed by atoms with Crippen LogP contribution in [0.4, 0.5) is 0 Å². The van der Waals surface area contributed by atoms with E-state index in [9.17, 15) is 0 Å². The summed E-state index contributed by atoms with van der Waals surface area (Å²) in [5, 5.41) is 0.965. The van der Waals surface area contributed by atoms with Crippen LogP contribution in [0.25, 0.3) is 21.3 Å². The van der Waals surface area contributed by atoms with Crippen LogP contribution in [0.15, 0.2) is 30.3 Å². The van der Waals surface area contributed by atoms with Gasteiger partial charge in [-0.15, -0.1) is 11.3 Å². The van der Waals surface area contributed by atoms with E-state index in [0.717, 1.165) is 31.4 Å². The number of aromatic nitrogens is 2. The Balaban J connectivity index is 2.19. The smallest absolute Gasteiger partial charge is 0.142 e. The Morgan fingerprint density at radius 2 is 1.90 bits per heavy atom. The molecule has 6 heteroatoms. The first-order valence-electron chi connectivity index (χ1n) is 6.16.